The number of aldehydes is 1. The molecule has 0 bridgehead atoms. The van der Waals surface area contributed by atoms with Crippen molar-refractivity contribution in [1.82, 2.24) is 0 Å². The molecule has 1 aliphatic heterocycles. The number of hydrogen-bond acceptors (Lipinski definition) is 5. The first kappa shape index (κ1) is 24.8. The van der Waals surface area contributed by atoms with E-state index in [0.717, 1.165) is 50.4 Å². The van der Waals surface area contributed by atoms with Crippen LogP contribution in [-0.2, 0) is 9.47 Å². The van der Waals surface area contributed by atoms with Crippen LogP contribution in [0.3, 0.4) is 0 Å². The summed E-state index contributed by atoms with van der Waals surface area (Å²) in [6.07, 6.45) is 7.24. The first-order valence-electron chi connectivity index (χ1n) is 13.9. The van der Waals surface area contributed by atoms with Crippen molar-refractivity contribution in [3.8, 4) is 0 Å². The highest BCUT2D eigenvalue weighted by Gasteiger charge is 2.63. The fraction of sp³-hybridized carbons (Fsp3) is 0.710. The van der Waals surface area contributed by atoms with Gasteiger partial charge >= 0.3 is 0 Å². The fourth-order valence-electron chi connectivity index (χ4n) is 8.62. The number of aliphatic hydroxyl groups is 2. The van der Waals surface area contributed by atoms with Gasteiger partial charge in [-0.3, -0.25) is 4.79 Å². The molecule has 1 saturated heterocycles. The minimum Gasteiger partial charge on any atom is -0.390 e. The Labute approximate surface area is 215 Å². The van der Waals surface area contributed by atoms with Crippen molar-refractivity contribution in [3.63, 3.8) is 0 Å². The van der Waals surface area contributed by atoms with Crippen molar-refractivity contribution in [2.75, 3.05) is 13.2 Å². The lowest BCUT2D eigenvalue weighted by atomic mass is 9.50. The lowest BCUT2D eigenvalue weighted by molar-refractivity contribution is -0.322. The zero-order valence-corrected chi connectivity index (χ0v) is 22.3. The summed E-state index contributed by atoms with van der Waals surface area (Å²) >= 11 is 0. The van der Waals surface area contributed by atoms with Gasteiger partial charge in [0.1, 0.15) is 6.29 Å². The second-order valence-corrected chi connectivity index (χ2v) is 13.8. The third kappa shape index (κ3) is 3.60. The van der Waals surface area contributed by atoms with Gasteiger partial charge < -0.3 is 19.7 Å². The molecule has 196 valence electrons. The molecule has 1 aromatic carbocycles. The van der Waals surface area contributed by atoms with Crippen molar-refractivity contribution in [2.45, 2.75) is 102 Å². The van der Waals surface area contributed by atoms with Crippen LogP contribution >= 0.6 is 0 Å². The van der Waals surface area contributed by atoms with E-state index in [4.69, 9.17) is 9.47 Å². The number of rotatable bonds is 2. The van der Waals surface area contributed by atoms with E-state index in [-0.39, 0.29) is 16.7 Å². The van der Waals surface area contributed by atoms with Crippen LogP contribution in [0.25, 0.3) is 0 Å². The molecule has 3 unspecified atom stereocenters. The molecule has 2 N–H and O–H groups in total. The zero-order valence-electron chi connectivity index (χ0n) is 22.3. The molecule has 1 heterocycles. The minimum atomic E-state index is -0.930. The van der Waals surface area contributed by atoms with E-state index in [1.54, 1.807) is 0 Å². The predicted octanol–water partition coefficient (Wildman–Crippen LogP) is 5.54. The van der Waals surface area contributed by atoms with E-state index in [9.17, 15) is 15.0 Å². The van der Waals surface area contributed by atoms with Gasteiger partial charge in [0.2, 0.25) is 0 Å². The van der Waals surface area contributed by atoms with E-state index < -0.39 is 17.0 Å². The maximum atomic E-state index is 12.2. The Morgan fingerprint density at radius 1 is 1.00 bits per heavy atom. The van der Waals surface area contributed by atoms with Crippen molar-refractivity contribution < 1.29 is 24.5 Å². The van der Waals surface area contributed by atoms with Crippen LogP contribution in [0, 0.1) is 22.7 Å². The van der Waals surface area contributed by atoms with Gasteiger partial charge in [-0.15, -0.1) is 0 Å². The van der Waals surface area contributed by atoms with Gasteiger partial charge in [0, 0.05) is 35.2 Å². The van der Waals surface area contributed by atoms with Gasteiger partial charge in [-0.05, 0) is 74.5 Å². The van der Waals surface area contributed by atoms with E-state index in [0.29, 0.717) is 43.5 Å². The highest BCUT2D eigenvalue weighted by atomic mass is 16.7. The molecule has 0 amide bonds. The highest BCUT2D eigenvalue weighted by Crippen LogP contribution is 2.67. The number of carbonyl (C=O) groups is 1. The Balaban J connectivity index is 1.44. The van der Waals surface area contributed by atoms with Crippen LogP contribution in [0.4, 0.5) is 0 Å². The summed E-state index contributed by atoms with van der Waals surface area (Å²) in [4.78, 5) is 11.6. The van der Waals surface area contributed by atoms with Crippen LogP contribution < -0.4 is 0 Å². The van der Waals surface area contributed by atoms with Crippen LogP contribution in [0.5, 0.6) is 0 Å². The number of carbonyl (C=O) groups excluding carboxylic acids is 1. The van der Waals surface area contributed by atoms with Crippen molar-refractivity contribution in [2.24, 2.45) is 22.7 Å². The van der Waals surface area contributed by atoms with Crippen molar-refractivity contribution >= 4 is 6.29 Å². The lowest BCUT2D eigenvalue weighted by Crippen LogP contribution is -2.58. The summed E-state index contributed by atoms with van der Waals surface area (Å²) in [5, 5.41) is 23.8. The molecule has 1 aromatic rings. The van der Waals surface area contributed by atoms with Crippen molar-refractivity contribution in [1.29, 1.82) is 0 Å². The molecule has 6 rings (SSSR count). The molecule has 1 spiro atoms. The van der Waals surface area contributed by atoms with Gasteiger partial charge in [0.05, 0.1) is 24.4 Å². The normalized spacial score (nSPS) is 43.0. The average molecular weight is 495 g/mol. The monoisotopic (exact) mass is 494 g/mol. The molecular formula is C31H42O5. The largest absolute Gasteiger partial charge is 0.390 e. The lowest BCUT2D eigenvalue weighted by Gasteiger charge is -2.58. The van der Waals surface area contributed by atoms with Crippen LogP contribution in [0.15, 0.2) is 35.4 Å². The summed E-state index contributed by atoms with van der Waals surface area (Å²) in [6, 6.07) is 7.97. The third-order valence-corrected chi connectivity index (χ3v) is 10.9. The molecule has 4 fully saturated rings. The SMILES string of the molecule is CC1(C)COC2(CCC3=C4C(CC[C@@]3(O)C2)C2CCC(C)(O)[C@@]2(C)C[C@@H]4c2cccc(C=O)c2)OC1. The quantitative estimate of drug-likeness (QED) is 0.417. The van der Waals surface area contributed by atoms with E-state index in [1.165, 1.54) is 11.1 Å². The Morgan fingerprint density at radius 2 is 1.75 bits per heavy atom. The smallest absolute Gasteiger partial charge is 0.171 e. The summed E-state index contributed by atoms with van der Waals surface area (Å²) in [7, 11) is 0. The molecule has 0 aromatic heterocycles. The van der Waals surface area contributed by atoms with Crippen LogP contribution in [0.1, 0.15) is 101 Å². The number of hydrogen-bond donors (Lipinski definition) is 2. The second kappa shape index (κ2) is 7.99. The standard InChI is InChI=1S/C31H42O5/c1-27(2)18-35-31(36-19-27)13-10-25-26-22(8-12-30(25,34)17-31)24-9-11-29(4,33)28(24,3)15-23(26)21-7-5-6-20(14-21)16-32/h5-7,14,16,22-24,33-34H,8-13,15,17-19H2,1-4H3/t22?,23-,24?,28+,29?,30-/m1/s1. The molecular weight excluding hydrogens is 452 g/mol. The minimum absolute atomic E-state index is 0.00773. The molecule has 5 aliphatic rings. The summed E-state index contributed by atoms with van der Waals surface area (Å²) < 4.78 is 12.7. The molecule has 36 heavy (non-hydrogen) atoms. The molecule has 3 saturated carbocycles. The molecule has 5 heteroatoms. The van der Waals surface area contributed by atoms with E-state index in [1.807, 2.05) is 25.1 Å². The Morgan fingerprint density at radius 3 is 2.47 bits per heavy atom. The van der Waals surface area contributed by atoms with Gasteiger partial charge in [0.15, 0.2) is 5.79 Å². The van der Waals surface area contributed by atoms with Gasteiger partial charge in [-0.2, -0.15) is 0 Å². The van der Waals surface area contributed by atoms with E-state index >= 15 is 0 Å². The third-order valence-electron chi connectivity index (χ3n) is 10.9. The first-order chi connectivity index (χ1) is 16.9. The number of ether oxygens (including phenoxy) is 2. The maximum Gasteiger partial charge on any atom is 0.171 e. The predicted molar refractivity (Wildman–Crippen MR) is 138 cm³/mol. The van der Waals surface area contributed by atoms with Gasteiger partial charge in [-0.25, -0.2) is 0 Å². The second-order valence-electron chi connectivity index (χ2n) is 13.8. The number of fused-ring (bicyclic) bond motifs is 4. The Kier molecular flexibility index (Phi) is 5.50. The van der Waals surface area contributed by atoms with Gasteiger partial charge in [0.25, 0.3) is 0 Å². The fourth-order valence-corrected chi connectivity index (χ4v) is 8.62. The van der Waals surface area contributed by atoms with Crippen molar-refractivity contribution in [3.05, 3.63) is 46.5 Å². The van der Waals surface area contributed by atoms with Crippen LogP contribution in [0.2, 0.25) is 0 Å². The average Bonchev–Trinajstić information content (AvgIpc) is 3.08. The van der Waals surface area contributed by atoms with E-state index in [2.05, 4.69) is 26.8 Å². The van der Waals surface area contributed by atoms with Gasteiger partial charge in [-0.1, -0.05) is 44.5 Å². The summed E-state index contributed by atoms with van der Waals surface area (Å²) in [6.45, 7) is 9.91. The zero-order chi connectivity index (χ0) is 25.6. The molecule has 6 atom stereocenters. The number of allylic oxidation sites excluding steroid dienone is 1. The summed E-state index contributed by atoms with van der Waals surface area (Å²) in [5.74, 6) is 0.139. The summed E-state index contributed by atoms with van der Waals surface area (Å²) in [5.41, 5.74) is 2.54. The first-order valence-corrected chi connectivity index (χ1v) is 13.9. The van der Waals surface area contributed by atoms with Crippen LogP contribution in [-0.4, -0.2) is 46.7 Å². The topological polar surface area (TPSA) is 76.0 Å². The maximum absolute atomic E-state index is 12.2. The molecule has 4 aliphatic carbocycles. The Hall–Kier alpha value is -1.53. The molecule has 0 radical (unpaired) electrons. The Bertz CT molecular complexity index is 1090. The molecule has 5 nitrogen and oxygen atoms in total. The highest BCUT2D eigenvalue weighted by molar-refractivity contribution is 5.75. The number of benzene rings is 1.